The Bertz CT molecular complexity index is 347. The van der Waals surface area contributed by atoms with E-state index < -0.39 is 12.0 Å². The summed E-state index contributed by atoms with van der Waals surface area (Å²) in [5, 5.41) is 11.5. The lowest BCUT2D eigenvalue weighted by molar-refractivity contribution is -0.138. The van der Waals surface area contributed by atoms with Crippen molar-refractivity contribution in [3.8, 4) is 0 Å². The van der Waals surface area contributed by atoms with Crippen molar-refractivity contribution in [2.24, 2.45) is 0 Å². The van der Waals surface area contributed by atoms with Gasteiger partial charge in [0.15, 0.2) is 0 Å². The molecule has 2 N–H and O–H groups in total. The number of hydrogen-bond acceptors (Lipinski definition) is 3. The molecule has 0 saturated heterocycles. The summed E-state index contributed by atoms with van der Waals surface area (Å²) in [6.07, 6.45) is 0.651. The topological polar surface area (TPSA) is 90.0 Å². The van der Waals surface area contributed by atoms with Crippen LogP contribution in [0.2, 0.25) is 0 Å². The van der Waals surface area contributed by atoms with Crippen LogP contribution in [0.15, 0.2) is 0 Å². The molecule has 0 aromatic carbocycles. The standard InChI is InChI=1S/C13H25N3O4/c1-5-10(4)16(9-12(18)19)13(20)15(7-3)8-11(17)14-6-2/h10H,5-9H2,1-4H3,(H,14,17)(H,18,19). The number of urea groups is 1. The van der Waals surface area contributed by atoms with Gasteiger partial charge in [-0.1, -0.05) is 6.92 Å². The molecule has 3 amide bonds. The first-order valence-corrected chi connectivity index (χ1v) is 6.91. The average Bonchev–Trinajstić information content (AvgIpc) is 2.40. The van der Waals surface area contributed by atoms with E-state index in [0.29, 0.717) is 19.5 Å². The molecule has 7 nitrogen and oxygen atoms in total. The smallest absolute Gasteiger partial charge is 0.323 e. The summed E-state index contributed by atoms with van der Waals surface area (Å²) in [4.78, 5) is 37.4. The second kappa shape index (κ2) is 9.17. The van der Waals surface area contributed by atoms with Gasteiger partial charge in [0.2, 0.25) is 5.91 Å². The van der Waals surface area contributed by atoms with Crippen LogP contribution in [-0.4, -0.2) is 65.0 Å². The van der Waals surface area contributed by atoms with Crippen LogP contribution in [-0.2, 0) is 9.59 Å². The molecule has 0 aliphatic carbocycles. The fourth-order valence-corrected chi connectivity index (χ4v) is 1.70. The number of nitrogens with one attached hydrogen (secondary N) is 1. The Labute approximate surface area is 119 Å². The molecule has 0 aliphatic rings. The van der Waals surface area contributed by atoms with Crippen molar-refractivity contribution >= 4 is 17.9 Å². The van der Waals surface area contributed by atoms with Crippen LogP contribution in [0.3, 0.4) is 0 Å². The first kappa shape index (κ1) is 18.2. The highest BCUT2D eigenvalue weighted by Gasteiger charge is 2.26. The minimum Gasteiger partial charge on any atom is -0.480 e. The van der Waals surface area contributed by atoms with Crippen LogP contribution in [0.5, 0.6) is 0 Å². The maximum atomic E-state index is 12.4. The fraction of sp³-hybridized carbons (Fsp3) is 0.769. The number of carboxylic acid groups (broad SMARTS) is 1. The minimum atomic E-state index is -1.06. The van der Waals surface area contributed by atoms with E-state index in [1.165, 1.54) is 9.80 Å². The number of carbonyl (C=O) groups is 3. The van der Waals surface area contributed by atoms with E-state index in [-0.39, 0.29) is 25.0 Å². The van der Waals surface area contributed by atoms with Crippen LogP contribution in [0.4, 0.5) is 4.79 Å². The average molecular weight is 287 g/mol. The second-order valence-electron chi connectivity index (χ2n) is 4.53. The Hall–Kier alpha value is -1.79. The Balaban J connectivity index is 4.89. The van der Waals surface area contributed by atoms with Crippen molar-refractivity contribution in [3.05, 3.63) is 0 Å². The van der Waals surface area contributed by atoms with Crippen LogP contribution >= 0.6 is 0 Å². The summed E-state index contributed by atoms with van der Waals surface area (Å²) in [6, 6.07) is -0.614. The summed E-state index contributed by atoms with van der Waals surface area (Å²) < 4.78 is 0. The van der Waals surface area contributed by atoms with E-state index in [0.717, 1.165) is 0 Å². The Morgan fingerprint density at radius 1 is 1.15 bits per heavy atom. The van der Waals surface area contributed by atoms with Crippen LogP contribution in [0.25, 0.3) is 0 Å². The number of aliphatic carboxylic acids is 1. The number of carbonyl (C=O) groups excluding carboxylic acids is 2. The van der Waals surface area contributed by atoms with Crippen LogP contribution in [0, 0.1) is 0 Å². The molecule has 0 aromatic rings. The lowest BCUT2D eigenvalue weighted by Gasteiger charge is -2.32. The number of amides is 3. The summed E-state index contributed by atoms with van der Waals surface area (Å²) in [5.74, 6) is -1.31. The zero-order valence-corrected chi connectivity index (χ0v) is 12.7. The van der Waals surface area contributed by atoms with E-state index in [9.17, 15) is 14.4 Å². The third kappa shape index (κ3) is 5.90. The van der Waals surface area contributed by atoms with Crippen molar-refractivity contribution < 1.29 is 19.5 Å². The molecule has 20 heavy (non-hydrogen) atoms. The minimum absolute atomic E-state index is 0.0598. The maximum Gasteiger partial charge on any atom is 0.323 e. The molecule has 0 spiro atoms. The summed E-state index contributed by atoms with van der Waals surface area (Å²) in [6.45, 7) is 7.65. The maximum absolute atomic E-state index is 12.4. The van der Waals surface area contributed by atoms with E-state index in [1.54, 1.807) is 20.8 Å². The largest absolute Gasteiger partial charge is 0.480 e. The SMILES string of the molecule is CCNC(=O)CN(CC)C(=O)N(CC(=O)O)C(C)CC. The van der Waals surface area contributed by atoms with Crippen molar-refractivity contribution in [3.63, 3.8) is 0 Å². The van der Waals surface area contributed by atoms with E-state index in [2.05, 4.69) is 5.32 Å². The molecule has 0 fully saturated rings. The number of likely N-dealkylation sites (N-methyl/N-ethyl adjacent to an activating group) is 2. The van der Waals surface area contributed by atoms with Gasteiger partial charge in [-0.15, -0.1) is 0 Å². The Morgan fingerprint density at radius 2 is 1.75 bits per heavy atom. The first-order chi connectivity index (χ1) is 9.37. The van der Waals surface area contributed by atoms with Crippen molar-refractivity contribution in [2.75, 3.05) is 26.2 Å². The zero-order chi connectivity index (χ0) is 15.7. The number of nitrogens with zero attached hydrogens (tertiary/aromatic N) is 2. The van der Waals surface area contributed by atoms with Gasteiger partial charge in [0.05, 0.1) is 0 Å². The molecule has 0 aromatic heterocycles. The van der Waals surface area contributed by atoms with Gasteiger partial charge in [0, 0.05) is 19.1 Å². The molecule has 0 bridgehead atoms. The van der Waals surface area contributed by atoms with Crippen molar-refractivity contribution in [1.82, 2.24) is 15.1 Å². The third-order valence-electron chi connectivity index (χ3n) is 3.03. The van der Waals surface area contributed by atoms with E-state index in [1.807, 2.05) is 6.92 Å². The predicted molar refractivity (Wildman–Crippen MR) is 75.4 cm³/mol. The van der Waals surface area contributed by atoms with Crippen molar-refractivity contribution in [1.29, 1.82) is 0 Å². The number of carboxylic acids is 1. The van der Waals surface area contributed by atoms with Crippen molar-refractivity contribution in [2.45, 2.75) is 40.2 Å². The molecule has 0 radical (unpaired) electrons. The number of hydrogen-bond donors (Lipinski definition) is 2. The summed E-state index contributed by atoms with van der Waals surface area (Å²) in [5.41, 5.74) is 0. The first-order valence-electron chi connectivity index (χ1n) is 6.91. The Morgan fingerprint density at radius 3 is 2.15 bits per heavy atom. The van der Waals surface area contributed by atoms with Gasteiger partial charge in [-0.05, 0) is 27.2 Å². The summed E-state index contributed by atoms with van der Waals surface area (Å²) >= 11 is 0. The number of rotatable bonds is 8. The van der Waals surface area contributed by atoms with E-state index >= 15 is 0 Å². The molecule has 1 atom stereocenters. The van der Waals surface area contributed by atoms with Gasteiger partial charge in [0.25, 0.3) is 0 Å². The lowest BCUT2D eigenvalue weighted by atomic mass is 10.2. The molecule has 1 unspecified atom stereocenters. The monoisotopic (exact) mass is 287 g/mol. The molecular weight excluding hydrogens is 262 g/mol. The second-order valence-corrected chi connectivity index (χ2v) is 4.53. The molecule has 0 heterocycles. The lowest BCUT2D eigenvalue weighted by Crippen LogP contribution is -2.51. The van der Waals surface area contributed by atoms with Gasteiger partial charge in [-0.2, -0.15) is 0 Å². The van der Waals surface area contributed by atoms with Gasteiger partial charge in [-0.25, -0.2) is 4.79 Å². The van der Waals surface area contributed by atoms with Gasteiger partial charge < -0.3 is 20.2 Å². The van der Waals surface area contributed by atoms with Crippen LogP contribution in [0.1, 0.15) is 34.1 Å². The normalized spacial score (nSPS) is 11.6. The highest BCUT2D eigenvalue weighted by molar-refractivity contribution is 5.85. The van der Waals surface area contributed by atoms with Gasteiger partial charge in [-0.3, -0.25) is 9.59 Å². The Kier molecular flexibility index (Phi) is 8.35. The predicted octanol–water partition coefficient (Wildman–Crippen LogP) is 0.750. The summed E-state index contributed by atoms with van der Waals surface area (Å²) in [7, 11) is 0. The molecular formula is C13H25N3O4. The molecule has 0 aliphatic heterocycles. The zero-order valence-electron chi connectivity index (χ0n) is 12.7. The highest BCUT2D eigenvalue weighted by Crippen LogP contribution is 2.08. The quantitative estimate of drug-likeness (QED) is 0.689. The molecule has 7 heteroatoms. The van der Waals surface area contributed by atoms with E-state index in [4.69, 9.17) is 5.11 Å². The van der Waals surface area contributed by atoms with Crippen LogP contribution < -0.4 is 5.32 Å². The molecule has 116 valence electrons. The fourth-order valence-electron chi connectivity index (χ4n) is 1.70. The molecule has 0 saturated carbocycles. The molecule has 0 rings (SSSR count). The highest BCUT2D eigenvalue weighted by atomic mass is 16.4. The van der Waals surface area contributed by atoms with Gasteiger partial charge >= 0.3 is 12.0 Å². The van der Waals surface area contributed by atoms with Gasteiger partial charge in [0.1, 0.15) is 13.1 Å². The third-order valence-corrected chi connectivity index (χ3v) is 3.03.